The number of nitrogen functional groups attached to an aromatic ring is 1. The number of nitriles is 1. The predicted molar refractivity (Wildman–Crippen MR) is 116 cm³/mol. The lowest BCUT2D eigenvalue weighted by molar-refractivity contribution is 0.283. The number of fused-ring (bicyclic) bond motifs is 1. The van der Waals surface area contributed by atoms with Crippen LogP contribution in [0.1, 0.15) is 24.6 Å². The molecule has 1 aliphatic heterocycles. The lowest BCUT2D eigenvalue weighted by Gasteiger charge is -2.27. The lowest BCUT2D eigenvalue weighted by atomic mass is 9.98. The van der Waals surface area contributed by atoms with Gasteiger partial charge in [-0.2, -0.15) is 10.4 Å². The summed E-state index contributed by atoms with van der Waals surface area (Å²) in [5.74, 6) is 2.80. The molecule has 1 saturated heterocycles. The number of benzene rings is 2. The van der Waals surface area contributed by atoms with E-state index in [1.807, 2.05) is 54.6 Å². The third kappa shape index (κ3) is 3.62. The molecule has 1 atom stereocenters. The van der Waals surface area contributed by atoms with Crippen molar-refractivity contribution in [2.75, 3.05) is 18.8 Å². The van der Waals surface area contributed by atoms with E-state index in [-0.39, 0.29) is 5.92 Å². The maximum Gasteiger partial charge on any atom is 0.179 e. The van der Waals surface area contributed by atoms with Crippen LogP contribution in [-0.2, 0) is 0 Å². The van der Waals surface area contributed by atoms with Crippen molar-refractivity contribution >= 4 is 11.3 Å². The summed E-state index contributed by atoms with van der Waals surface area (Å²) in [4.78, 5) is 10.9. The summed E-state index contributed by atoms with van der Waals surface area (Å²) in [6.45, 7) is 1.41. The number of imidazole rings is 1. The maximum atomic E-state index is 9.32. The standard InChI is InChI=1S/C23H21N7O/c24-14-29-12-4-5-17(13-29)23-28-20(21-22(25)26-15-27-30(21)23)16-8-10-19(11-9-16)31-18-6-2-1-3-7-18/h1-3,6-11,15,17H,4-5,12-13H2,(H2,25,26,27). The average Bonchev–Trinajstić information content (AvgIpc) is 3.21. The molecule has 0 amide bonds. The summed E-state index contributed by atoms with van der Waals surface area (Å²) in [7, 11) is 0. The Hall–Kier alpha value is -4.12. The highest BCUT2D eigenvalue weighted by atomic mass is 16.5. The van der Waals surface area contributed by atoms with Crippen LogP contribution in [0.5, 0.6) is 11.5 Å². The Morgan fingerprint density at radius 2 is 1.84 bits per heavy atom. The van der Waals surface area contributed by atoms with E-state index in [4.69, 9.17) is 15.5 Å². The van der Waals surface area contributed by atoms with Crippen LogP contribution in [0, 0.1) is 11.5 Å². The molecule has 0 spiro atoms. The first-order valence-electron chi connectivity index (χ1n) is 10.2. The molecule has 1 fully saturated rings. The van der Waals surface area contributed by atoms with Crippen molar-refractivity contribution in [1.82, 2.24) is 24.5 Å². The van der Waals surface area contributed by atoms with Crippen molar-refractivity contribution in [3.8, 4) is 28.9 Å². The van der Waals surface area contributed by atoms with Crippen molar-refractivity contribution in [3.05, 3.63) is 66.7 Å². The summed E-state index contributed by atoms with van der Waals surface area (Å²) < 4.78 is 7.67. The molecule has 0 aliphatic carbocycles. The molecule has 2 N–H and O–H groups in total. The Bertz CT molecular complexity index is 1240. The molecule has 1 aliphatic rings. The lowest BCUT2D eigenvalue weighted by Crippen LogP contribution is -2.31. The zero-order valence-corrected chi connectivity index (χ0v) is 16.8. The number of ether oxygens (including phenoxy) is 1. The van der Waals surface area contributed by atoms with Crippen LogP contribution in [0.4, 0.5) is 5.82 Å². The van der Waals surface area contributed by atoms with Gasteiger partial charge in [-0.15, -0.1) is 0 Å². The molecule has 4 aromatic rings. The van der Waals surface area contributed by atoms with Crippen LogP contribution in [-0.4, -0.2) is 37.6 Å². The van der Waals surface area contributed by atoms with E-state index >= 15 is 0 Å². The molecule has 2 aromatic heterocycles. The van der Waals surface area contributed by atoms with E-state index < -0.39 is 0 Å². The van der Waals surface area contributed by atoms with Gasteiger partial charge in [0.2, 0.25) is 0 Å². The zero-order valence-electron chi connectivity index (χ0n) is 16.8. The Kier molecular flexibility index (Phi) is 4.84. The van der Waals surface area contributed by atoms with Gasteiger partial charge >= 0.3 is 0 Å². The van der Waals surface area contributed by atoms with Gasteiger partial charge in [0.15, 0.2) is 12.0 Å². The molecule has 0 radical (unpaired) electrons. The topological polar surface area (TPSA) is 105 Å². The molecule has 1 unspecified atom stereocenters. The third-order valence-electron chi connectivity index (χ3n) is 5.52. The van der Waals surface area contributed by atoms with Gasteiger partial charge in [0.25, 0.3) is 0 Å². The first kappa shape index (κ1) is 18.9. The minimum Gasteiger partial charge on any atom is -0.457 e. The second-order valence-corrected chi connectivity index (χ2v) is 7.55. The fourth-order valence-electron chi connectivity index (χ4n) is 4.03. The van der Waals surface area contributed by atoms with Gasteiger partial charge in [-0.1, -0.05) is 18.2 Å². The molecule has 154 valence electrons. The highest BCUT2D eigenvalue weighted by molar-refractivity contribution is 5.85. The minimum atomic E-state index is 0.102. The Morgan fingerprint density at radius 3 is 2.61 bits per heavy atom. The van der Waals surface area contributed by atoms with Crippen molar-refractivity contribution in [2.24, 2.45) is 0 Å². The molecule has 5 rings (SSSR count). The van der Waals surface area contributed by atoms with E-state index in [1.54, 1.807) is 9.42 Å². The van der Waals surface area contributed by atoms with Gasteiger partial charge in [0, 0.05) is 24.6 Å². The van der Waals surface area contributed by atoms with Crippen molar-refractivity contribution in [1.29, 1.82) is 5.26 Å². The Morgan fingerprint density at radius 1 is 1.06 bits per heavy atom. The molecule has 8 heteroatoms. The molecule has 2 aromatic carbocycles. The Labute approximate surface area is 179 Å². The fraction of sp³-hybridized carbons (Fsp3) is 0.217. The monoisotopic (exact) mass is 411 g/mol. The number of likely N-dealkylation sites (tertiary alicyclic amines) is 1. The zero-order chi connectivity index (χ0) is 21.2. The molecular formula is C23H21N7O. The summed E-state index contributed by atoms with van der Waals surface area (Å²) in [5, 5.41) is 13.7. The van der Waals surface area contributed by atoms with E-state index in [1.165, 1.54) is 6.33 Å². The predicted octanol–water partition coefficient (Wildman–Crippen LogP) is 3.83. The molecule has 0 bridgehead atoms. The summed E-state index contributed by atoms with van der Waals surface area (Å²) >= 11 is 0. The number of nitrogens with two attached hydrogens (primary N) is 1. The number of rotatable bonds is 4. The summed E-state index contributed by atoms with van der Waals surface area (Å²) in [6.07, 6.45) is 5.58. The van der Waals surface area contributed by atoms with Gasteiger partial charge in [-0.25, -0.2) is 14.5 Å². The molecule has 0 saturated carbocycles. The second kappa shape index (κ2) is 7.95. The summed E-state index contributed by atoms with van der Waals surface area (Å²) in [5.41, 5.74) is 8.54. The molecule has 3 heterocycles. The fourth-order valence-corrected chi connectivity index (χ4v) is 4.03. The highest BCUT2D eigenvalue weighted by Gasteiger charge is 2.27. The minimum absolute atomic E-state index is 0.102. The van der Waals surface area contributed by atoms with Gasteiger partial charge in [0.1, 0.15) is 34.9 Å². The number of para-hydroxylation sites is 1. The SMILES string of the molecule is N#CN1CCCC(c2nc(-c3ccc(Oc4ccccc4)cc3)c3c(N)ncnn23)C1. The van der Waals surface area contributed by atoms with Gasteiger partial charge in [-0.3, -0.25) is 0 Å². The molecule has 31 heavy (non-hydrogen) atoms. The van der Waals surface area contributed by atoms with Crippen LogP contribution < -0.4 is 10.5 Å². The second-order valence-electron chi connectivity index (χ2n) is 7.55. The average molecular weight is 411 g/mol. The maximum absolute atomic E-state index is 9.32. The summed E-state index contributed by atoms with van der Waals surface area (Å²) in [6, 6.07) is 17.4. The first-order valence-corrected chi connectivity index (χ1v) is 10.2. The van der Waals surface area contributed by atoms with Crippen LogP contribution >= 0.6 is 0 Å². The van der Waals surface area contributed by atoms with Crippen molar-refractivity contribution in [3.63, 3.8) is 0 Å². The van der Waals surface area contributed by atoms with E-state index in [0.717, 1.165) is 48.0 Å². The molecular weight excluding hydrogens is 390 g/mol. The number of hydrogen-bond donors (Lipinski definition) is 1. The van der Waals surface area contributed by atoms with Crippen molar-refractivity contribution < 1.29 is 4.74 Å². The van der Waals surface area contributed by atoms with Gasteiger partial charge in [0.05, 0.1) is 0 Å². The largest absolute Gasteiger partial charge is 0.457 e. The van der Waals surface area contributed by atoms with E-state index in [9.17, 15) is 5.26 Å². The van der Waals surface area contributed by atoms with Crippen LogP contribution in [0.15, 0.2) is 60.9 Å². The number of piperidine rings is 1. The third-order valence-corrected chi connectivity index (χ3v) is 5.52. The quantitative estimate of drug-likeness (QED) is 0.509. The number of hydrogen-bond acceptors (Lipinski definition) is 7. The van der Waals surface area contributed by atoms with Gasteiger partial charge < -0.3 is 15.4 Å². The molecule has 8 nitrogen and oxygen atoms in total. The smallest absolute Gasteiger partial charge is 0.179 e. The Balaban J connectivity index is 1.52. The van der Waals surface area contributed by atoms with Crippen LogP contribution in [0.2, 0.25) is 0 Å². The van der Waals surface area contributed by atoms with E-state index in [2.05, 4.69) is 16.3 Å². The number of nitrogens with zero attached hydrogens (tertiary/aromatic N) is 6. The van der Waals surface area contributed by atoms with Gasteiger partial charge in [-0.05, 0) is 49.2 Å². The number of aromatic nitrogens is 4. The van der Waals surface area contributed by atoms with Crippen LogP contribution in [0.3, 0.4) is 0 Å². The normalized spacial score (nSPS) is 16.2. The van der Waals surface area contributed by atoms with Crippen molar-refractivity contribution in [2.45, 2.75) is 18.8 Å². The van der Waals surface area contributed by atoms with E-state index in [0.29, 0.717) is 17.9 Å². The number of anilines is 1. The first-order chi connectivity index (χ1) is 15.2. The highest BCUT2D eigenvalue weighted by Crippen LogP contribution is 2.34. The van der Waals surface area contributed by atoms with Crippen LogP contribution in [0.25, 0.3) is 16.8 Å².